The highest BCUT2D eigenvalue weighted by Gasteiger charge is 2.40. The van der Waals surface area contributed by atoms with E-state index in [0.717, 1.165) is 5.39 Å². The Morgan fingerprint density at radius 2 is 1.97 bits per heavy atom. The maximum absolute atomic E-state index is 12.5. The zero-order valence-electron chi connectivity index (χ0n) is 22.7. The van der Waals surface area contributed by atoms with Crippen LogP contribution in [0.3, 0.4) is 0 Å². The number of rotatable bonds is 6. The molecule has 12 heteroatoms. The first-order valence-corrected chi connectivity index (χ1v) is 12.7. The molecule has 1 fully saturated rings. The molecule has 39 heavy (non-hydrogen) atoms. The van der Waals surface area contributed by atoms with Crippen molar-refractivity contribution in [3.63, 3.8) is 0 Å². The lowest BCUT2D eigenvalue weighted by Crippen LogP contribution is -2.55. The highest BCUT2D eigenvalue weighted by Crippen LogP contribution is 2.39. The Kier molecular flexibility index (Phi) is 6.30. The van der Waals surface area contributed by atoms with E-state index in [1.54, 1.807) is 43.3 Å². The van der Waals surface area contributed by atoms with Crippen molar-refractivity contribution in [3.8, 4) is 5.88 Å². The summed E-state index contributed by atoms with van der Waals surface area (Å²) in [6, 6.07) is 5.24. The van der Waals surface area contributed by atoms with E-state index < -0.39 is 11.1 Å². The number of esters is 1. The van der Waals surface area contributed by atoms with E-state index in [1.165, 1.54) is 6.92 Å². The summed E-state index contributed by atoms with van der Waals surface area (Å²) in [6.07, 6.45) is 3.12. The van der Waals surface area contributed by atoms with Crippen LogP contribution in [0.2, 0.25) is 0 Å². The monoisotopic (exact) mass is 530 g/mol. The number of anilines is 2. The first-order valence-electron chi connectivity index (χ1n) is 12.7. The summed E-state index contributed by atoms with van der Waals surface area (Å²) in [4.78, 5) is 42.5. The molecule has 0 aromatic carbocycles. The van der Waals surface area contributed by atoms with Gasteiger partial charge in [0.05, 0.1) is 35.3 Å². The third kappa shape index (κ3) is 4.79. The van der Waals surface area contributed by atoms with Gasteiger partial charge in [0, 0.05) is 30.1 Å². The maximum Gasteiger partial charge on any atom is 0.340 e. The van der Waals surface area contributed by atoms with Gasteiger partial charge in [-0.2, -0.15) is 0 Å². The SMILES string of the molecule is CC(=O)N1CC(Oc2ncc(C(C)(C)N=[N+]=[N-])c3cc(Nc4ccc5c(n4)[C@@H](C)C(C)(C)OC5=O)ncc23)C1. The van der Waals surface area contributed by atoms with Gasteiger partial charge in [-0.05, 0) is 48.5 Å². The number of azide groups is 1. The van der Waals surface area contributed by atoms with Crippen molar-refractivity contribution in [1.82, 2.24) is 19.9 Å². The molecule has 1 amide bonds. The lowest BCUT2D eigenvalue weighted by molar-refractivity contribution is -0.137. The van der Waals surface area contributed by atoms with Gasteiger partial charge in [0.1, 0.15) is 23.3 Å². The Morgan fingerprint density at radius 1 is 1.23 bits per heavy atom. The molecule has 0 unspecified atom stereocenters. The van der Waals surface area contributed by atoms with Gasteiger partial charge in [0.25, 0.3) is 0 Å². The number of nitrogens with one attached hydrogen (secondary N) is 1. The molecule has 0 spiro atoms. The lowest BCUT2D eigenvalue weighted by Gasteiger charge is -2.38. The van der Waals surface area contributed by atoms with Crippen LogP contribution >= 0.6 is 0 Å². The minimum absolute atomic E-state index is 0.00199. The molecule has 1 atom stereocenters. The highest BCUT2D eigenvalue weighted by atomic mass is 16.6. The van der Waals surface area contributed by atoms with Gasteiger partial charge >= 0.3 is 5.97 Å². The number of cyclic esters (lactones) is 1. The van der Waals surface area contributed by atoms with Crippen molar-refractivity contribution >= 4 is 34.3 Å². The van der Waals surface area contributed by atoms with Crippen LogP contribution in [0.4, 0.5) is 11.6 Å². The molecule has 202 valence electrons. The second kappa shape index (κ2) is 9.39. The summed E-state index contributed by atoms with van der Waals surface area (Å²) in [6.45, 7) is 11.8. The summed E-state index contributed by atoms with van der Waals surface area (Å²) in [5.41, 5.74) is 9.39. The van der Waals surface area contributed by atoms with E-state index >= 15 is 0 Å². The van der Waals surface area contributed by atoms with E-state index in [4.69, 9.17) is 20.0 Å². The van der Waals surface area contributed by atoms with Gasteiger partial charge in [0.15, 0.2) is 0 Å². The maximum atomic E-state index is 12.5. The largest absolute Gasteiger partial charge is 0.470 e. The summed E-state index contributed by atoms with van der Waals surface area (Å²) in [5, 5.41) is 8.61. The molecule has 2 aliphatic rings. The van der Waals surface area contributed by atoms with Crippen LogP contribution in [0.5, 0.6) is 5.88 Å². The van der Waals surface area contributed by atoms with Gasteiger partial charge in [-0.15, -0.1) is 0 Å². The zero-order valence-corrected chi connectivity index (χ0v) is 22.7. The smallest absolute Gasteiger partial charge is 0.340 e. The number of likely N-dealkylation sites (tertiary alicyclic amines) is 1. The fourth-order valence-corrected chi connectivity index (χ4v) is 4.74. The quantitative estimate of drug-likeness (QED) is 0.202. The van der Waals surface area contributed by atoms with Crippen molar-refractivity contribution in [2.75, 3.05) is 18.4 Å². The van der Waals surface area contributed by atoms with Gasteiger partial charge in [-0.3, -0.25) is 4.79 Å². The van der Waals surface area contributed by atoms with E-state index in [2.05, 4.69) is 25.3 Å². The number of carbonyl (C=O) groups excluding carboxylic acids is 2. The van der Waals surface area contributed by atoms with Crippen molar-refractivity contribution < 1.29 is 19.1 Å². The number of pyridine rings is 3. The minimum atomic E-state index is -0.898. The Morgan fingerprint density at radius 3 is 2.67 bits per heavy atom. The Labute approximate surface area is 225 Å². The topological polar surface area (TPSA) is 155 Å². The lowest BCUT2D eigenvalue weighted by atomic mass is 9.84. The van der Waals surface area contributed by atoms with E-state index in [0.29, 0.717) is 52.8 Å². The van der Waals surface area contributed by atoms with Gasteiger partial charge < -0.3 is 19.7 Å². The number of aromatic nitrogens is 3. The average Bonchev–Trinajstić information content (AvgIpc) is 2.83. The van der Waals surface area contributed by atoms with Crippen LogP contribution < -0.4 is 10.1 Å². The van der Waals surface area contributed by atoms with Crippen LogP contribution in [-0.2, 0) is 15.1 Å². The molecule has 0 bridgehead atoms. The molecule has 5 heterocycles. The number of amides is 1. The second-order valence-corrected chi connectivity index (χ2v) is 11.0. The Balaban J connectivity index is 1.51. The molecule has 12 nitrogen and oxygen atoms in total. The molecule has 0 radical (unpaired) electrons. The Hall–Kier alpha value is -4.44. The molecule has 1 N–H and O–H groups in total. The summed E-state index contributed by atoms with van der Waals surface area (Å²) in [5.74, 6) is 0.920. The first kappa shape index (κ1) is 26.2. The van der Waals surface area contributed by atoms with Crippen molar-refractivity contribution in [3.05, 3.63) is 57.9 Å². The van der Waals surface area contributed by atoms with Crippen LogP contribution in [-0.4, -0.2) is 56.5 Å². The third-order valence-electron chi connectivity index (χ3n) is 7.47. The summed E-state index contributed by atoms with van der Waals surface area (Å²) < 4.78 is 11.7. The molecule has 3 aromatic rings. The Bertz CT molecular complexity index is 1540. The number of nitrogens with zero attached hydrogens (tertiary/aromatic N) is 7. The third-order valence-corrected chi connectivity index (χ3v) is 7.47. The number of fused-ring (bicyclic) bond motifs is 2. The molecule has 0 aliphatic carbocycles. The number of hydrogen-bond donors (Lipinski definition) is 1. The fraction of sp³-hybridized carbons (Fsp3) is 0.444. The van der Waals surface area contributed by atoms with E-state index in [9.17, 15) is 9.59 Å². The number of carbonyl (C=O) groups is 2. The standard InChI is InChI=1S/C27H30N8O4/c1-14-23-17(25(37)39-27(14,5)6)7-8-21(32-23)31-22-9-18-19(10-29-22)24(38-16-12-35(13-16)15(2)36)30-11-20(18)26(3,4)33-34-28/h7-11,14,16H,12-13H2,1-6H3,(H,29,31,32)/t14-/m1/s1. The molecular weight excluding hydrogens is 500 g/mol. The second-order valence-electron chi connectivity index (χ2n) is 11.0. The predicted molar refractivity (Wildman–Crippen MR) is 144 cm³/mol. The van der Waals surface area contributed by atoms with Crippen molar-refractivity contribution in [2.24, 2.45) is 5.11 Å². The van der Waals surface area contributed by atoms with Gasteiger partial charge in [-0.25, -0.2) is 19.7 Å². The van der Waals surface area contributed by atoms with Gasteiger partial charge in [-0.1, -0.05) is 25.9 Å². The molecule has 2 aliphatic heterocycles. The predicted octanol–water partition coefficient (Wildman–Crippen LogP) is 4.98. The van der Waals surface area contributed by atoms with Crippen LogP contribution in [0.25, 0.3) is 21.2 Å². The van der Waals surface area contributed by atoms with E-state index in [1.807, 2.05) is 26.8 Å². The number of hydrogen-bond acceptors (Lipinski definition) is 9. The first-order chi connectivity index (χ1) is 18.4. The van der Waals surface area contributed by atoms with E-state index in [-0.39, 0.29) is 23.9 Å². The van der Waals surface area contributed by atoms with Crippen LogP contribution in [0.15, 0.2) is 35.7 Å². The minimum Gasteiger partial charge on any atom is -0.470 e. The van der Waals surface area contributed by atoms with Crippen LogP contribution in [0.1, 0.15) is 69.1 Å². The van der Waals surface area contributed by atoms with Gasteiger partial charge in [0.2, 0.25) is 11.8 Å². The van der Waals surface area contributed by atoms with Crippen molar-refractivity contribution in [2.45, 2.75) is 64.7 Å². The highest BCUT2D eigenvalue weighted by molar-refractivity contribution is 5.93. The fourth-order valence-electron chi connectivity index (χ4n) is 4.74. The molecule has 0 saturated carbocycles. The average molecular weight is 531 g/mol. The number of ether oxygens (including phenoxy) is 2. The van der Waals surface area contributed by atoms with Crippen LogP contribution in [0, 0.1) is 0 Å². The molecule has 3 aromatic heterocycles. The molecule has 1 saturated heterocycles. The normalized spacial score (nSPS) is 18.5. The summed E-state index contributed by atoms with van der Waals surface area (Å²) in [7, 11) is 0. The molecular formula is C27H30N8O4. The molecule has 5 rings (SSSR count). The van der Waals surface area contributed by atoms with Crippen molar-refractivity contribution in [1.29, 1.82) is 0 Å². The zero-order chi connectivity index (χ0) is 28.1. The summed E-state index contributed by atoms with van der Waals surface area (Å²) >= 11 is 0.